The van der Waals surface area contributed by atoms with Gasteiger partial charge in [-0.1, -0.05) is 6.92 Å². The van der Waals surface area contributed by atoms with E-state index in [2.05, 4.69) is 38.0 Å². The Morgan fingerprint density at radius 1 is 1.14 bits per heavy atom. The third kappa shape index (κ3) is 4.91. The first kappa shape index (κ1) is 20.4. The van der Waals surface area contributed by atoms with Gasteiger partial charge < -0.3 is 19.9 Å². The number of ether oxygens (including phenoxy) is 2. The summed E-state index contributed by atoms with van der Waals surface area (Å²) in [6.07, 6.45) is 1.01. The maximum absolute atomic E-state index is 9.00. The standard InChI is InChI=1S/C21H27N3O3S/c1-5-14(4)27-20-11-18(19-12-28-21(24-19)22-13(2)3)23-17-10-15(26-9-8-25)6-7-16(17)20/h6-7,10-14,25H,5,8-9H2,1-4H3,(H,22,24). The first-order valence-corrected chi connectivity index (χ1v) is 10.5. The van der Waals surface area contributed by atoms with E-state index >= 15 is 0 Å². The van der Waals surface area contributed by atoms with Crippen LogP contribution in [0.25, 0.3) is 22.3 Å². The molecular weight excluding hydrogens is 374 g/mol. The van der Waals surface area contributed by atoms with Gasteiger partial charge in [0.25, 0.3) is 0 Å². The first-order valence-electron chi connectivity index (χ1n) is 9.57. The van der Waals surface area contributed by atoms with Crippen molar-refractivity contribution in [2.75, 3.05) is 18.5 Å². The Morgan fingerprint density at radius 2 is 1.96 bits per heavy atom. The lowest BCUT2D eigenvalue weighted by atomic mass is 10.1. The second kappa shape index (κ2) is 9.21. The molecule has 0 spiro atoms. The minimum atomic E-state index is -0.0294. The van der Waals surface area contributed by atoms with Gasteiger partial charge in [-0.25, -0.2) is 9.97 Å². The maximum atomic E-state index is 9.00. The molecule has 2 aromatic heterocycles. The first-order chi connectivity index (χ1) is 13.5. The molecule has 2 heterocycles. The van der Waals surface area contributed by atoms with Crippen LogP contribution in [-0.2, 0) is 0 Å². The van der Waals surface area contributed by atoms with Crippen LogP contribution in [0.2, 0.25) is 0 Å². The summed E-state index contributed by atoms with van der Waals surface area (Å²) in [5.41, 5.74) is 2.35. The summed E-state index contributed by atoms with van der Waals surface area (Å²) in [6, 6.07) is 7.97. The van der Waals surface area contributed by atoms with E-state index in [1.165, 1.54) is 0 Å². The SMILES string of the molecule is CCC(C)Oc1cc(-c2csc(NC(C)C)n2)nc2cc(OCCO)ccc12. The monoisotopic (exact) mass is 401 g/mol. The summed E-state index contributed by atoms with van der Waals surface area (Å²) >= 11 is 1.56. The number of hydrogen-bond acceptors (Lipinski definition) is 7. The number of benzene rings is 1. The minimum Gasteiger partial charge on any atom is -0.491 e. The van der Waals surface area contributed by atoms with Crippen LogP contribution in [-0.4, -0.2) is 40.4 Å². The van der Waals surface area contributed by atoms with Crippen molar-refractivity contribution in [3.05, 3.63) is 29.6 Å². The molecule has 150 valence electrons. The third-order valence-electron chi connectivity index (χ3n) is 4.19. The highest BCUT2D eigenvalue weighted by Crippen LogP contribution is 2.34. The second-order valence-corrected chi connectivity index (χ2v) is 7.79. The summed E-state index contributed by atoms with van der Waals surface area (Å²) in [6.45, 7) is 8.54. The highest BCUT2D eigenvalue weighted by Gasteiger charge is 2.14. The molecule has 7 heteroatoms. The van der Waals surface area contributed by atoms with Gasteiger partial charge in [-0.05, 0) is 39.3 Å². The van der Waals surface area contributed by atoms with Crippen LogP contribution < -0.4 is 14.8 Å². The van der Waals surface area contributed by atoms with Crippen LogP contribution in [0.3, 0.4) is 0 Å². The second-order valence-electron chi connectivity index (χ2n) is 6.93. The molecule has 0 aliphatic heterocycles. The quantitative estimate of drug-likeness (QED) is 0.540. The lowest BCUT2D eigenvalue weighted by molar-refractivity contribution is 0.201. The summed E-state index contributed by atoms with van der Waals surface area (Å²) < 4.78 is 11.7. The number of aliphatic hydroxyl groups excluding tert-OH is 1. The van der Waals surface area contributed by atoms with E-state index in [9.17, 15) is 0 Å². The Labute approximate surface area is 169 Å². The number of hydrogen-bond donors (Lipinski definition) is 2. The fourth-order valence-corrected chi connectivity index (χ4v) is 3.51. The zero-order valence-corrected chi connectivity index (χ0v) is 17.5. The average molecular weight is 402 g/mol. The van der Waals surface area contributed by atoms with Crippen LogP contribution in [0.4, 0.5) is 5.13 Å². The number of nitrogens with zero attached hydrogens (tertiary/aromatic N) is 2. The van der Waals surface area contributed by atoms with Crippen molar-refractivity contribution in [3.8, 4) is 22.9 Å². The van der Waals surface area contributed by atoms with Gasteiger partial charge in [-0.2, -0.15) is 0 Å². The van der Waals surface area contributed by atoms with Crippen molar-refractivity contribution in [2.24, 2.45) is 0 Å². The Bertz CT molecular complexity index is 926. The fourth-order valence-electron chi connectivity index (χ4n) is 2.66. The van der Waals surface area contributed by atoms with E-state index in [0.717, 1.165) is 39.6 Å². The lowest BCUT2D eigenvalue weighted by Gasteiger charge is -2.16. The number of aromatic nitrogens is 2. The van der Waals surface area contributed by atoms with E-state index in [-0.39, 0.29) is 19.3 Å². The minimum absolute atomic E-state index is 0.0294. The predicted octanol–water partition coefficient (Wildman–Crippen LogP) is 4.73. The molecule has 0 aliphatic rings. The van der Waals surface area contributed by atoms with Crippen molar-refractivity contribution in [2.45, 2.75) is 46.3 Å². The van der Waals surface area contributed by atoms with E-state index < -0.39 is 0 Å². The molecular formula is C21H27N3O3S. The molecule has 1 aromatic carbocycles. The number of rotatable bonds is 9. The van der Waals surface area contributed by atoms with Gasteiger partial charge in [-0.3, -0.25) is 0 Å². The number of aliphatic hydroxyl groups is 1. The Hall–Kier alpha value is -2.38. The lowest BCUT2D eigenvalue weighted by Crippen LogP contribution is -2.10. The summed E-state index contributed by atoms with van der Waals surface area (Å²) in [5, 5.41) is 16.1. The Morgan fingerprint density at radius 3 is 2.68 bits per heavy atom. The zero-order valence-electron chi connectivity index (χ0n) is 16.7. The Kier molecular flexibility index (Phi) is 6.70. The molecule has 3 rings (SSSR count). The van der Waals surface area contributed by atoms with E-state index in [1.807, 2.05) is 29.6 Å². The number of fused-ring (bicyclic) bond motifs is 1. The molecule has 0 saturated heterocycles. The normalized spacial score (nSPS) is 12.4. The van der Waals surface area contributed by atoms with Crippen LogP contribution in [0.15, 0.2) is 29.6 Å². The molecule has 0 fully saturated rings. The predicted molar refractivity (Wildman–Crippen MR) is 115 cm³/mol. The molecule has 2 N–H and O–H groups in total. The largest absolute Gasteiger partial charge is 0.491 e. The summed E-state index contributed by atoms with van der Waals surface area (Å²) in [4.78, 5) is 9.46. The smallest absolute Gasteiger partial charge is 0.183 e. The fraction of sp³-hybridized carbons (Fsp3) is 0.429. The van der Waals surface area contributed by atoms with Gasteiger partial charge >= 0.3 is 0 Å². The van der Waals surface area contributed by atoms with Gasteiger partial charge in [0.15, 0.2) is 5.13 Å². The molecule has 0 bridgehead atoms. The zero-order chi connectivity index (χ0) is 20.1. The van der Waals surface area contributed by atoms with Crippen molar-refractivity contribution < 1.29 is 14.6 Å². The number of thiazole rings is 1. The topological polar surface area (TPSA) is 76.5 Å². The van der Waals surface area contributed by atoms with E-state index in [1.54, 1.807) is 11.3 Å². The van der Waals surface area contributed by atoms with E-state index in [4.69, 9.17) is 19.6 Å². The van der Waals surface area contributed by atoms with Crippen molar-refractivity contribution in [3.63, 3.8) is 0 Å². The van der Waals surface area contributed by atoms with Crippen molar-refractivity contribution in [1.82, 2.24) is 9.97 Å². The summed E-state index contributed by atoms with van der Waals surface area (Å²) in [7, 11) is 0. The van der Waals surface area contributed by atoms with Crippen LogP contribution in [0.1, 0.15) is 34.1 Å². The molecule has 0 radical (unpaired) electrons. The van der Waals surface area contributed by atoms with Gasteiger partial charge in [-0.15, -0.1) is 11.3 Å². The number of anilines is 1. The summed E-state index contributed by atoms with van der Waals surface area (Å²) in [5.74, 6) is 1.45. The third-order valence-corrected chi connectivity index (χ3v) is 4.96. The van der Waals surface area contributed by atoms with Crippen LogP contribution >= 0.6 is 11.3 Å². The highest BCUT2D eigenvalue weighted by molar-refractivity contribution is 7.14. The van der Waals surface area contributed by atoms with E-state index in [0.29, 0.717) is 11.8 Å². The van der Waals surface area contributed by atoms with Crippen LogP contribution in [0, 0.1) is 0 Å². The molecule has 6 nitrogen and oxygen atoms in total. The average Bonchev–Trinajstić information content (AvgIpc) is 3.13. The van der Waals surface area contributed by atoms with Gasteiger partial charge in [0.05, 0.1) is 23.9 Å². The number of pyridine rings is 1. The van der Waals surface area contributed by atoms with Crippen LogP contribution in [0.5, 0.6) is 11.5 Å². The van der Waals surface area contributed by atoms with Gasteiger partial charge in [0.1, 0.15) is 23.8 Å². The molecule has 3 aromatic rings. The molecule has 1 atom stereocenters. The Balaban J connectivity index is 2.04. The van der Waals surface area contributed by atoms with Crippen molar-refractivity contribution in [1.29, 1.82) is 0 Å². The number of nitrogens with one attached hydrogen (secondary N) is 1. The molecule has 28 heavy (non-hydrogen) atoms. The van der Waals surface area contributed by atoms with Crippen molar-refractivity contribution >= 4 is 27.4 Å². The van der Waals surface area contributed by atoms with Gasteiger partial charge in [0, 0.05) is 28.9 Å². The highest BCUT2D eigenvalue weighted by atomic mass is 32.1. The molecule has 0 saturated carbocycles. The molecule has 0 aliphatic carbocycles. The molecule has 1 unspecified atom stereocenters. The van der Waals surface area contributed by atoms with Gasteiger partial charge in [0.2, 0.25) is 0 Å². The maximum Gasteiger partial charge on any atom is 0.183 e. The molecule has 0 amide bonds.